The monoisotopic (exact) mass is 800 g/mol. The number of imide groups is 1. The summed E-state index contributed by atoms with van der Waals surface area (Å²) in [4.78, 5) is 49.9. The summed E-state index contributed by atoms with van der Waals surface area (Å²) in [5, 5.41) is 13.5. The van der Waals surface area contributed by atoms with Crippen LogP contribution in [0.4, 0.5) is 15.9 Å². The third-order valence-corrected chi connectivity index (χ3v) is 11.5. The van der Waals surface area contributed by atoms with Gasteiger partial charge in [-0.1, -0.05) is 24.3 Å². The Morgan fingerprint density at radius 1 is 0.915 bits per heavy atom. The molecule has 0 spiro atoms. The predicted octanol–water partition coefficient (Wildman–Crippen LogP) is 4.76. The van der Waals surface area contributed by atoms with Gasteiger partial charge in [0, 0.05) is 87.4 Å². The minimum absolute atomic E-state index is 0.218. The van der Waals surface area contributed by atoms with E-state index < -0.39 is 18.1 Å². The number of hydrogen-bond donors (Lipinski definition) is 3. The van der Waals surface area contributed by atoms with Crippen LogP contribution in [0.25, 0.3) is 16.8 Å². The first-order valence-electron chi connectivity index (χ1n) is 20.3. The second kappa shape index (κ2) is 17.7. The molecule has 0 radical (unpaired) electrons. The smallest absolute Gasteiger partial charge is 0.252 e. The van der Waals surface area contributed by atoms with Gasteiger partial charge in [-0.25, -0.2) is 9.37 Å². The third kappa shape index (κ3) is 9.58. The average molecular weight is 801 g/mol. The van der Waals surface area contributed by atoms with Crippen molar-refractivity contribution >= 4 is 29.2 Å². The number of piperidine rings is 2. The van der Waals surface area contributed by atoms with Crippen molar-refractivity contribution in [2.45, 2.75) is 51.3 Å². The number of benzene rings is 3. The first kappa shape index (κ1) is 39.6. The molecule has 2 atom stereocenters. The van der Waals surface area contributed by atoms with Gasteiger partial charge in [-0.3, -0.25) is 24.6 Å². The number of nitrogens with two attached hydrogens (primary N) is 1. The summed E-state index contributed by atoms with van der Waals surface area (Å²) in [5.74, 6) is -0.184. The summed E-state index contributed by atoms with van der Waals surface area (Å²) in [6.07, 6.45) is 7.01. The molecule has 0 bridgehead atoms. The number of pyridine rings is 1. The molecule has 3 aliphatic rings. The van der Waals surface area contributed by atoms with Gasteiger partial charge < -0.3 is 25.6 Å². The largest absolute Gasteiger partial charge is 0.482 e. The van der Waals surface area contributed by atoms with Gasteiger partial charge in [0.25, 0.3) is 5.91 Å². The van der Waals surface area contributed by atoms with Gasteiger partial charge in [0.05, 0.1) is 18.1 Å². The normalized spacial score (nSPS) is 18.7. The maximum Gasteiger partial charge on any atom is 0.252 e. The Labute approximate surface area is 342 Å². The van der Waals surface area contributed by atoms with Gasteiger partial charge >= 0.3 is 0 Å². The molecule has 59 heavy (non-hydrogen) atoms. The lowest BCUT2D eigenvalue weighted by molar-refractivity contribution is -0.134. The maximum atomic E-state index is 14.3. The Morgan fingerprint density at radius 3 is 2.46 bits per heavy atom. The van der Waals surface area contributed by atoms with Crippen LogP contribution in [0.1, 0.15) is 60.2 Å². The van der Waals surface area contributed by atoms with Crippen LogP contribution in [0.5, 0.6) is 5.75 Å². The number of nitrogen functional groups attached to an aromatic ring is 1. The Balaban J connectivity index is 0.809. The van der Waals surface area contributed by atoms with Crippen LogP contribution in [-0.2, 0) is 16.1 Å². The minimum atomic E-state index is -0.699. The van der Waals surface area contributed by atoms with Gasteiger partial charge in [-0.15, -0.1) is 0 Å². The van der Waals surface area contributed by atoms with E-state index in [-0.39, 0.29) is 29.9 Å². The fraction of sp³-hybridized carbons (Fsp3) is 0.364. The zero-order valence-electron chi connectivity index (χ0n) is 33.1. The van der Waals surface area contributed by atoms with E-state index in [1.165, 1.54) is 22.5 Å². The number of carbonyl (C=O) groups is 3. The zero-order valence-corrected chi connectivity index (χ0v) is 33.1. The van der Waals surface area contributed by atoms with Crippen molar-refractivity contribution in [1.82, 2.24) is 40.4 Å². The zero-order chi connectivity index (χ0) is 40.9. The highest BCUT2D eigenvalue weighted by atomic mass is 19.1. The Hall–Kier alpha value is -6.19. The lowest BCUT2D eigenvalue weighted by Gasteiger charge is -2.39. The fourth-order valence-corrected chi connectivity index (χ4v) is 8.23. The summed E-state index contributed by atoms with van der Waals surface area (Å²) in [6, 6.07) is 21.6. The van der Waals surface area contributed by atoms with E-state index in [9.17, 15) is 18.8 Å². The van der Waals surface area contributed by atoms with Crippen molar-refractivity contribution in [2.24, 2.45) is 5.92 Å². The number of nitrogens with one attached hydrogen (secondary N) is 2. The second-order valence-corrected chi connectivity index (χ2v) is 15.6. The molecule has 15 heteroatoms. The molecule has 5 heterocycles. The first-order chi connectivity index (χ1) is 28.6. The molecule has 2 aromatic heterocycles. The van der Waals surface area contributed by atoms with Gasteiger partial charge in [0.15, 0.2) is 11.6 Å². The van der Waals surface area contributed by atoms with Crippen molar-refractivity contribution < 1.29 is 23.5 Å². The first-order valence-corrected chi connectivity index (χ1v) is 20.3. The van der Waals surface area contributed by atoms with Crippen LogP contribution >= 0.6 is 0 Å². The van der Waals surface area contributed by atoms with Crippen LogP contribution in [-0.4, -0.2) is 99.4 Å². The van der Waals surface area contributed by atoms with Crippen molar-refractivity contribution in [1.29, 1.82) is 0 Å². The van der Waals surface area contributed by atoms with E-state index in [4.69, 9.17) is 10.5 Å². The quantitative estimate of drug-likeness (QED) is 0.149. The topological polar surface area (TPSA) is 164 Å². The molecule has 3 aliphatic heterocycles. The van der Waals surface area contributed by atoms with E-state index in [1.54, 1.807) is 30.7 Å². The molecular formula is C44H49FN10O4. The van der Waals surface area contributed by atoms with E-state index in [0.29, 0.717) is 34.9 Å². The standard InChI is InChI=1S/C44H49FN10O4/c1-29(37-25-35(45)8-10-39(37)55-48-14-15-49-55)59-40-24-34(26-47-42(40)46)32-5-2-4-31(22-32)28-53-20-18-52(19-21-53)27-30-12-16-54(17-13-30)36-7-3-6-33(23-36)43(57)50-38-9-11-41(56)51-44(38)58/h2-8,10,14-15,22-26,29-30,38H,9,11-13,16-21,27-28H2,1H3,(H2,46,47)(H,50,57)(H,51,56,58)/t29-,38?/m1/s1. The highest BCUT2D eigenvalue weighted by Gasteiger charge is 2.29. The van der Waals surface area contributed by atoms with Crippen LogP contribution < -0.4 is 26.0 Å². The van der Waals surface area contributed by atoms with Crippen molar-refractivity contribution in [3.05, 3.63) is 114 Å². The fourth-order valence-electron chi connectivity index (χ4n) is 8.23. The number of halogens is 1. The number of ether oxygens (including phenoxy) is 1. The van der Waals surface area contributed by atoms with Gasteiger partial charge in [-0.05, 0) is 91.8 Å². The van der Waals surface area contributed by atoms with Gasteiger partial charge in [0.1, 0.15) is 18.0 Å². The molecule has 1 unspecified atom stereocenters. The molecule has 0 saturated carbocycles. The molecule has 3 saturated heterocycles. The molecule has 306 valence electrons. The molecule has 8 rings (SSSR count). The van der Waals surface area contributed by atoms with Gasteiger partial charge in [0.2, 0.25) is 11.8 Å². The van der Waals surface area contributed by atoms with Crippen molar-refractivity contribution in [3.63, 3.8) is 0 Å². The molecular weight excluding hydrogens is 752 g/mol. The summed E-state index contributed by atoms with van der Waals surface area (Å²) < 4.78 is 20.6. The number of hydrogen-bond acceptors (Lipinski definition) is 11. The van der Waals surface area contributed by atoms with Gasteiger partial charge in [-0.2, -0.15) is 15.0 Å². The lowest BCUT2D eigenvalue weighted by atomic mass is 9.95. The van der Waals surface area contributed by atoms with Crippen LogP contribution in [0.2, 0.25) is 0 Å². The van der Waals surface area contributed by atoms with Crippen LogP contribution in [0.3, 0.4) is 0 Å². The lowest BCUT2D eigenvalue weighted by Crippen LogP contribution is -2.52. The molecule has 5 aromatic rings. The molecule has 14 nitrogen and oxygen atoms in total. The van der Waals surface area contributed by atoms with E-state index >= 15 is 0 Å². The van der Waals surface area contributed by atoms with Crippen LogP contribution in [0.15, 0.2) is 91.4 Å². The number of aromatic nitrogens is 4. The molecule has 3 amide bonds. The maximum absolute atomic E-state index is 14.3. The Kier molecular flexibility index (Phi) is 11.9. The summed E-state index contributed by atoms with van der Waals surface area (Å²) in [6.45, 7) is 9.64. The SMILES string of the molecule is C[C@@H](Oc1cc(-c2cccc(CN3CCN(CC4CCN(c5cccc(C(=O)NC6CCC(=O)NC6=O)c5)CC4)CC3)c2)cnc1N)c1cc(F)ccc1-n1nccn1. The Bertz CT molecular complexity index is 2290. The summed E-state index contributed by atoms with van der Waals surface area (Å²) in [5.41, 5.74) is 12.1. The Morgan fingerprint density at radius 2 is 1.68 bits per heavy atom. The van der Waals surface area contributed by atoms with Crippen molar-refractivity contribution in [2.75, 3.05) is 56.4 Å². The number of nitrogens with zero attached hydrogens (tertiary/aromatic N) is 7. The van der Waals surface area contributed by atoms with E-state index in [0.717, 1.165) is 82.0 Å². The third-order valence-electron chi connectivity index (χ3n) is 11.5. The highest BCUT2D eigenvalue weighted by molar-refractivity contribution is 6.04. The molecule has 4 N–H and O–H groups in total. The number of anilines is 2. The highest BCUT2D eigenvalue weighted by Crippen LogP contribution is 2.33. The number of rotatable bonds is 12. The van der Waals surface area contributed by atoms with E-state index in [1.807, 2.05) is 31.2 Å². The molecule has 3 aromatic carbocycles. The minimum Gasteiger partial charge on any atom is -0.482 e. The average Bonchev–Trinajstić information content (AvgIpc) is 3.79. The van der Waals surface area contributed by atoms with E-state index in [2.05, 4.69) is 64.8 Å². The number of carbonyl (C=O) groups excluding carboxylic acids is 3. The predicted molar refractivity (Wildman–Crippen MR) is 221 cm³/mol. The number of amides is 3. The number of piperazine rings is 1. The van der Waals surface area contributed by atoms with Crippen molar-refractivity contribution in [3.8, 4) is 22.6 Å². The summed E-state index contributed by atoms with van der Waals surface area (Å²) >= 11 is 0. The second-order valence-electron chi connectivity index (χ2n) is 15.6. The van der Waals surface area contributed by atoms with Crippen LogP contribution in [0, 0.1) is 11.7 Å². The molecule has 3 fully saturated rings. The summed E-state index contributed by atoms with van der Waals surface area (Å²) in [7, 11) is 0. The molecule has 0 aliphatic carbocycles.